The molecular formula is C13H23N3. The molecule has 0 radical (unpaired) electrons. The molecule has 0 heterocycles. The standard InChI is InChI=1S/C13H23N3/c1-2-12-3-5-13(6-4-12)11-16(9-7-14)10-8-15/h3-6H,2,7-11,14-15H2,1H3. The highest BCUT2D eigenvalue weighted by atomic mass is 15.1. The molecule has 1 aromatic rings. The van der Waals surface area contributed by atoms with Gasteiger partial charge in [-0.05, 0) is 17.5 Å². The number of hydrogen-bond donors (Lipinski definition) is 2. The Balaban J connectivity index is 2.54. The van der Waals surface area contributed by atoms with Crippen LogP contribution >= 0.6 is 0 Å². The summed E-state index contributed by atoms with van der Waals surface area (Å²) in [6.45, 7) is 6.31. The van der Waals surface area contributed by atoms with Gasteiger partial charge in [-0.15, -0.1) is 0 Å². The largest absolute Gasteiger partial charge is 0.329 e. The zero-order valence-corrected chi connectivity index (χ0v) is 10.2. The highest BCUT2D eigenvalue weighted by Crippen LogP contribution is 2.07. The molecule has 0 aliphatic heterocycles. The fourth-order valence-electron chi connectivity index (χ4n) is 1.77. The van der Waals surface area contributed by atoms with Gasteiger partial charge in [-0.25, -0.2) is 0 Å². The van der Waals surface area contributed by atoms with Crippen molar-refractivity contribution < 1.29 is 0 Å². The molecule has 0 fully saturated rings. The van der Waals surface area contributed by atoms with Crippen LogP contribution < -0.4 is 11.5 Å². The summed E-state index contributed by atoms with van der Waals surface area (Å²) >= 11 is 0. The van der Waals surface area contributed by atoms with Crippen LogP contribution in [-0.4, -0.2) is 31.1 Å². The zero-order chi connectivity index (χ0) is 11.8. The predicted molar refractivity (Wildman–Crippen MR) is 69.2 cm³/mol. The number of nitrogens with zero attached hydrogens (tertiary/aromatic N) is 1. The molecule has 0 saturated carbocycles. The molecule has 0 bridgehead atoms. The zero-order valence-electron chi connectivity index (χ0n) is 10.2. The lowest BCUT2D eigenvalue weighted by atomic mass is 10.1. The van der Waals surface area contributed by atoms with Crippen molar-refractivity contribution >= 4 is 0 Å². The smallest absolute Gasteiger partial charge is 0.0234 e. The minimum atomic E-state index is 0.688. The second-order valence-corrected chi connectivity index (χ2v) is 4.02. The van der Waals surface area contributed by atoms with Gasteiger partial charge >= 0.3 is 0 Å². The van der Waals surface area contributed by atoms with Crippen LogP contribution in [0.5, 0.6) is 0 Å². The quantitative estimate of drug-likeness (QED) is 0.721. The summed E-state index contributed by atoms with van der Waals surface area (Å²) < 4.78 is 0. The predicted octanol–water partition coefficient (Wildman–Crippen LogP) is 0.968. The Labute approximate surface area is 98.4 Å². The molecular weight excluding hydrogens is 198 g/mol. The number of aryl methyl sites for hydroxylation is 1. The van der Waals surface area contributed by atoms with E-state index >= 15 is 0 Å². The molecule has 0 aliphatic carbocycles. The highest BCUT2D eigenvalue weighted by molar-refractivity contribution is 5.22. The van der Waals surface area contributed by atoms with Crippen molar-refractivity contribution in [3.05, 3.63) is 35.4 Å². The third-order valence-corrected chi connectivity index (χ3v) is 2.73. The van der Waals surface area contributed by atoms with E-state index < -0.39 is 0 Å². The van der Waals surface area contributed by atoms with Crippen molar-refractivity contribution in [2.45, 2.75) is 19.9 Å². The van der Waals surface area contributed by atoms with Crippen LogP contribution in [0.4, 0.5) is 0 Å². The Bertz CT molecular complexity index is 276. The van der Waals surface area contributed by atoms with Crippen molar-refractivity contribution in [1.29, 1.82) is 0 Å². The van der Waals surface area contributed by atoms with E-state index in [-0.39, 0.29) is 0 Å². The average molecular weight is 221 g/mol. The SMILES string of the molecule is CCc1ccc(CN(CCN)CCN)cc1. The summed E-state index contributed by atoms with van der Waals surface area (Å²) in [5.74, 6) is 0. The first-order valence-corrected chi connectivity index (χ1v) is 6.00. The van der Waals surface area contributed by atoms with Crippen molar-refractivity contribution in [1.82, 2.24) is 4.90 Å². The molecule has 4 N–H and O–H groups in total. The summed E-state index contributed by atoms with van der Waals surface area (Å²) in [6.07, 6.45) is 1.09. The number of benzene rings is 1. The summed E-state index contributed by atoms with van der Waals surface area (Å²) in [4.78, 5) is 2.29. The monoisotopic (exact) mass is 221 g/mol. The average Bonchev–Trinajstić information content (AvgIpc) is 2.31. The lowest BCUT2D eigenvalue weighted by Gasteiger charge is -2.20. The van der Waals surface area contributed by atoms with Gasteiger partial charge in [-0.2, -0.15) is 0 Å². The van der Waals surface area contributed by atoms with E-state index in [0.29, 0.717) is 13.1 Å². The molecule has 1 rings (SSSR count). The lowest BCUT2D eigenvalue weighted by Crippen LogP contribution is -2.33. The summed E-state index contributed by atoms with van der Waals surface area (Å²) in [6, 6.07) is 8.77. The molecule has 1 aromatic carbocycles. The van der Waals surface area contributed by atoms with E-state index in [0.717, 1.165) is 26.1 Å². The van der Waals surface area contributed by atoms with Gasteiger partial charge in [-0.1, -0.05) is 31.2 Å². The molecule has 0 aliphatic rings. The molecule has 90 valence electrons. The number of nitrogens with two attached hydrogens (primary N) is 2. The molecule has 3 nitrogen and oxygen atoms in total. The van der Waals surface area contributed by atoms with Gasteiger partial charge in [0.2, 0.25) is 0 Å². The van der Waals surface area contributed by atoms with Gasteiger partial charge in [0, 0.05) is 32.7 Å². The van der Waals surface area contributed by atoms with Crippen molar-refractivity contribution in [2.75, 3.05) is 26.2 Å². The molecule has 0 aromatic heterocycles. The van der Waals surface area contributed by atoms with Crippen molar-refractivity contribution in [2.24, 2.45) is 11.5 Å². The normalized spacial score (nSPS) is 11.0. The van der Waals surface area contributed by atoms with Crippen LogP contribution in [0.3, 0.4) is 0 Å². The maximum absolute atomic E-state index is 5.58. The van der Waals surface area contributed by atoms with Gasteiger partial charge in [0.1, 0.15) is 0 Å². The van der Waals surface area contributed by atoms with Gasteiger partial charge in [0.25, 0.3) is 0 Å². The van der Waals surface area contributed by atoms with E-state index in [4.69, 9.17) is 11.5 Å². The van der Waals surface area contributed by atoms with E-state index in [2.05, 4.69) is 36.1 Å². The van der Waals surface area contributed by atoms with Crippen LogP contribution in [0.15, 0.2) is 24.3 Å². The fourth-order valence-corrected chi connectivity index (χ4v) is 1.77. The van der Waals surface area contributed by atoms with E-state index in [1.54, 1.807) is 0 Å². The first kappa shape index (κ1) is 13.2. The first-order valence-electron chi connectivity index (χ1n) is 6.00. The molecule has 0 spiro atoms. The summed E-state index contributed by atoms with van der Waals surface area (Å²) in [7, 11) is 0. The van der Waals surface area contributed by atoms with Gasteiger partial charge < -0.3 is 11.5 Å². The van der Waals surface area contributed by atoms with E-state index in [9.17, 15) is 0 Å². The van der Waals surface area contributed by atoms with E-state index in [1.165, 1.54) is 11.1 Å². The molecule has 16 heavy (non-hydrogen) atoms. The molecule has 0 saturated heterocycles. The Morgan fingerprint density at radius 1 is 0.938 bits per heavy atom. The van der Waals surface area contributed by atoms with Gasteiger partial charge in [0.05, 0.1) is 0 Å². The molecule has 3 heteroatoms. The summed E-state index contributed by atoms with van der Waals surface area (Å²) in [5.41, 5.74) is 13.9. The Hall–Kier alpha value is -0.900. The second-order valence-electron chi connectivity index (χ2n) is 4.02. The third-order valence-electron chi connectivity index (χ3n) is 2.73. The lowest BCUT2D eigenvalue weighted by molar-refractivity contribution is 0.281. The number of rotatable bonds is 7. The van der Waals surface area contributed by atoms with Gasteiger partial charge in [0.15, 0.2) is 0 Å². The first-order chi connectivity index (χ1) is 7.80. The maximum Gasteiger partial charge on any atom is 0.0234 e. The summed E-state index contributed by atoms with van der Waals surface area (Å²) in [5, 5.41) is 0. The van der Waals surface area contributed by atoms with Crippen molar-refractivity contribution in [3.63, 3.8) is 0 Å². The van der Waals surface area contributed by atoms with Crippen LogP contribution in [-0.2, 0) is 13.0 Å². The second kappa shape index (κ2) is 7.39. The van der Waals surface area contributed by atoms with Crippen LogP contribution in [0.1, 0.15) is 18.1 Å². The Morgan fingerprint density at radius 2 is 1.44 bits per heavy atom. The molecule has 0 amide bonds. The van der Waals surface area contributed by atoms with Crippen LogP contribution in [0.25, 0.3) is 0 Å². The number of hydrogen-bond acceptors (Lipinski definition) is 3. The topological polar surface area (TPSA) is 55.3 Å². The Morgan fingerprint density at radius 3 is 1.88 bits per heavy atom. The molecule has 0 unspecified atom stereocenters. The van der Waals surface area contributed by atoms with E-state index in [1.807, 2.05) is 0 Å². The Kier molecular flexibility index (Phi) is 6.08. The maximum atomic E-state index is 5.58. The highest BCUT2D eigenvalue weighted by Gasteiger charge is 2.03. The fraction of sp³-hybridized carbons (Fsp3) is 0.538. The minimum absolute atomic E-state index is 0.688. The molecule has 0 atom stereocenters. The van der Waals surface area contributed by atoms with Crippen LogP contribution in [0, 0.1) is 0 Å². The van der Waals surface area contributed by atoms with Crippen LogP contribution in [0.2, 0.25) is 0 Å². The minimum Gasteiger partial charge on any atom is -0.329 e. The third kappa shape index (κ3) is 4.31. The van der Waals surface area contributed by atoms with Gasteiger partial charge in [-0.3, -0.25) is 4.90 Å². The van der Waals surface area contributed by atoms with Crippen molar-refractivity contribution in [3.8, 4) is 0 Å².